The highest BCUT2D eigenvalue weighted by Crippen LogP contribution is 2.07. The van der Waals surface area contributed by atoms with E-state index in [0.29, 0.717) is 0 Å². The molecule has 1 rings (SSSR count). The van der Waals surface area contributed by atoms with Gasteiger partial charge in [-0.1, -0.05) is 12.1 Å². The molecule has 0 amide bonds. The van der Waals surface area contributed by atoms with Gasteiger partial charge >= 0.3 is 0 Å². The van der Waals surface area contributed by atoms with Crippen molar-refractivity contribution in [2.75, 3.05) is 0 Å². The molecule has 1 heterocycles. The minimum atomic E-state index is -0.0591. The second kappa shape index (κ2) is 3.85. The van der Waals surface area contributed by atoms with E-state index in [9.17, 15) is 0 Å². The maximum Gasteiger partial charge on any atom is 0.0809 e. The Morgan fingerprint density at radius 1 is 1.64 bits per heavy atom. The zero-order valence-electron chi connectivity index (χ0n) is 6.20. The predicted molar refractivity (Wildman–Crippen MR) is 44.5 cm³/mol. The molecule has 3 N–H and O–H groups in total. The second-order valence-electron chi connectivity index (χ2n) is 2.13. The summed E-state index contributed by atoms with van der Waals surface area (Å²) in [6.07, 6.45) is 3.44. The van der Waals surface area contributed by atoms with E-state index >= 15 is 0 Å². The molecule has 3 heteroatoms. The van der Waals surface area contributed by atoms with Crippen LogP contribution in [0, 0.1) is 0 Å². The predicted octanol–water partition coefficient (Wildman–Crippen LogP) is 0.772. The lowest BCUT2D eigenvalue weighted by Gasteiger charge is -2.08. The molecule has 1 atom stereocenters. The summed E-state index contributed by atoms with van der Waals surface area (Å²) in [5.41, 5.74) is 3.47. The number of hydrogen-bond acceptors (Lipinski definition) is 3. The smallest absolute Gasteiger partial charge is 0.0809 e. The number of hydrazine groups is 1. The van der Waals surface area contributed by atoms with E-state index < -0.39 is 0 Å². The molecule has 1 unspecified atom stereocenters. The summed E-state index contributed by atoms with van der Waals surface area (Å²) < 4.78 is 0. The highest BCUT2D eigenvalue weighted by molar-refractivity contribution is 5.12. The molecule has 0 fully saturated rings. The zero-order chi connectivity index (χ0) is 8.10. The van der Waals surface area contributed by atoms with Gasteiger partial charge in [0.25, 0.3) is 0 Å². The second-order valence-corrected chi connectivity index (χ2v) is 2.13. The fraction of sp³-hybridized carbons (Fsp3) is 0.125. The SMILES string of the molecule is C=CC(NN)c1ccccn1. The highest BCUT2D eigenvalue weighted by Gasteiger charge is 2.03. The van der Waals surface area contributed by atoms with Gasteiger partial charge in [-0.15, -0.1) is 6.58 Å². The molecule has 0 saturated heterocycles. The van der Waals surface area contributed by atoms with Crippen LogP contribution in [0.3, 0.4) is 0 Å². The Morgan fingerprint density at radius 3 is 2.91 bits per heavy atom. The number of aromatic nitrogens is 1. The van der Waals surface area contributed by atoms with Crippen LogP contribution >= 0.6 is 0 Å². The Hall–Kier alpha value is -1.19. The Labute approximate surface area is 65.9 Å². The average Bonchev–Trinajstić information content (AvgIpc) is 2.09. The van der Waals surface area contributed by atoms with Gasteiger partial charge in [0, 0.05) is 6.20 Å². The van der Waals surface area contributed by atoms with Gasteiger partial charge in [0.1, 0.15) is 0 Å². The lowest BCUT2D eigenvalue weighted by molar-refractivity contribution is 0.640. The van der Waals surface area contributed by atoms with Crippen molar-refractivity contribution in [3.05, 3.63) is 42.7 Å². The van der Waals surface area contributed by atoms with Gasteiger partial charge in [-0.3, -0.25) is 10.8 Å². The van der Waals surface area contributed by atoms with Gasteiger partial charge in [-0.05, 0) is 12.1 Å². The van der Waals surface area contributed by atoms with E-state index in [4.69, 9.17) is 5.84 Å². The van der Waals surface area contributed by atoms with Crippen molar-refractivity contribution in [3.63, 3.8) is 0 Å². The largest absolute Gasteiger partial charge is 0.271 e. The third-order valence-electron chi connectivity index (χ3n) is 1.42. The Morgan fingerprint density at radius 2 is 2.45 bits per heavy atom. The molecule has 0 saturated carbocycles. The minimum absolute atomic E-state index is 0.0591. The Kier molecular flexibility index (Phi) is 2.77. The molecule has 58 valence electrons. The number of rotatable bonds is 3. The average molecular weight is 149 g/mol. The normalized spacial score (nSPS) is 12.5. The molecule has 3 nitrogen and oxygen atoms in total. The van der Waals surface area contributed by atoms with Crippen molar-refractivity contribution < 1.29 is 0 Å². The monoisotopic (exact) mass is 149 g/mol. The standard InChI is InChI=1S/C8H11N3/c1-2-7(11-9)8-5-3-4-6-10-8/h2-7,11H,1,9H2. The first kappa shape index (κ1) is 7.91. The lowest BCUT2D eigenvalue weighted by Crippen LogP contribution is -2.26. The number of nitrogens with zero attached hydrogens (tertiary/aromatic N) is 1. The molecule has 11 heavy (non-hydrogen) atoms. The quantitative estimate of drug-likeness (QED) is 0.379. The Balaban J connectivity index is 2.82. The van der Waals surface area contributed by atoms with E-state index in [0.717, 1.165) is 5.69 Å². The van der Waals surface area contributed by atoms with Crippen LogP contribution in [-0.2, 0) is 0 Å². The molecule has 0 aromatic carbocycles. The maximum atomic E-state index is 5.25. The van der Waals surface area contributed by atoms with Gasteiger partial charge in [0.05, 0.1) is 11.7 Å². The molecule has 0 aliphatic rings. The van der Waals surface area contributed by atoms with Gasteiger partial charge in [0.15, 0.2) is 0 Å². The van der Waals surface area contributed by atoms with Crippen LogP contribution in [0.1, 0.15) is 11.7 Å². The van der Waals surface area contributed by atoms with Crippen molar-refractivity contribution in [1.29, 1.82) is 0 Å². The number of pyridine rings is 1. The highest BCUT2D eigenvalue weighted by atomic mass is 15.2. The topological polar surface area (TPSA) is 50.9 Å². The van der Waals surface area contributed by atoms with E-state index in [1.54, 1.807) is 12.3 Å². The van der Waals surface area contributed by atoms with E-state index in [1.807, 2.05) is 18.2 Å². The van der Waals surface area contributed by atoms with Crippen molar-refractivity contribution in [3.8, 4) is 0 Å². The van der Waals surface area contributed by atoms with Crippen LogP contribution in [0.15, 0.2) is 37.1 Å². The molecule has 0 aliphatic carbocycles. The zero-order valence-corrected chi connectivity index (χ0v) is 6.20. The number of nitrogens with one attached hydrogen (secondary N) is 1. The van der Waals surface area contributed by atoms with E-state index in [2.05, 4.69) is 17.0 Å². The van der Waals surface area contributed by atoms with Crippen LogP contribution in [0.2, 0.25) is 0 Å². The summed E-state index contributed by atoms with van der Waals surface area (Å²) >= 11 is 0. The van der Waals surface area contributed by atoms with Crippen molar-refractivity contribution in [2.24, 2.45) is 5.84 Å². The van der Waals surface area contributed by atoms with Crippen LogP contribution < -0.4 is 11.3 Å². The molecule has 0 aliphatic heterocycles. The lowest BCUT2D eigenvalue weighted by atomic mass is 10.2. The van der Waals surface area contributed by atoms with Crippen LogP contribution in [-0.4, -0.2) is 4.98 Å². The molecular formula is C8H11N3. The number of hydrogen-bond donors (Lipinski definition) is 2. The van der Waals surface area contributed by atoms with Crippen LogP contribution in [0.25, 0.3) is 0 Å². The summed E-state index contributed by atoms with van der Waals surface area (Å²) in [5, 5.41) is 0. The third kappa shape index (κ3) is 1.86. The summed E-state index contributed by atoms with van der Waals surface area (Å²) in [6, 6.07) is 5.61. The van der Waals surface area contributed by atoms with Crippen molar-refractivity contribution in [1.82, 2.24) is 10.4 Å². The summed E-state index contributed by atoms with van der Waals surface area (Å²) in [4.78, 5) is 4.11. The first-order valence-electron chi connectivity index (χ1n) is 3.38. The molecule has 0 radical (unpaired) electrons. The van der Waals surface area contributed by atoms with E-state index in [1.165, 1.54) is 0 Å². The van der Waals surface area contributed by atoms with Gasteiger partial charge < -0.3 is 0 Å². The fourth-order valence-electron chi connectivity index (χ4n) is 0.834. The Bertz CT molecular complexity index is 220. The first-order valence-corrected chi connectivity index (χ1v) is 3.38. The summed E-state index contributed by atoms with van der Waals surface area (Å²) in [7, 11) is 0. The van der Waals surface area contributed by atoms with E-state index in [-0.39, 0.29) is 6.04 Å². The fourth-order valence-corrected chi connectivity index (χ4v) is 0.834. The van der Waals surface area contributed by atoms with Gasteiger partial charge in [-0.25, -0.2) is 5.43 Å². The summed E-state index contributed by atoms with van der Waals surface area (Å²) in [6.45, 7) is 3.63. The molecule has 1 aromatic heterocycles. The van der Waals surface area contributed by atoms with Crippen molar-refractivity contribution >= 4 is 0 Å². The van der Waals surface area contributed by atoms with Crippen molar-refractivity contribution in [2.45, 2.75) is 6.04 Å². The minimum Gasteiger partial charge on any atom is -0.271 e. The van der Waals surface area contributed by atoms with Gasteiger partial charge in [0.2, 0.25) is 0 Å². The molecular weight excluding hydrogens is 138 g/mol. The maximum absolute atomic E-state index is 5.25. The van der Waals surface area contributed by atoms with Crippen LogP contribution in [0.4, 0.5) is 0 Å². The van der Waals surface area contributed by atoms with Gasteiger partial charge in [-0.2, -0.15) is 0 Å². The van der Waals surface area contributed by atoms with Crippen LogP contribution in [0.5, 0.6) is 0 Å². The molecule has 0 spiro atoms. The molecule has 0 bridgehead atoms. The first-order chi connectivity index (χ1) is 5.38. The molecule has 1 aromatic rings. The summed E-state index contributed by atoms with van der Waals surface area (Å²) in [5.74, 6) is 5.25. The third-order valence-corrected chi connectivity index (χ3v) is 1.42. The number of nitrogens with two attached hydrogens (primary N) is 1.